The Balaban J connectivity index is 2.13. The summed E-state index contributed by atoms with van der Waals surface area (Å²) in [4.78, 5) is 0. The van der Waals surface area contributed by atoms with E-state index in [1.165, 1.54) is 38.5 Å². The zero-order valence-electron chi connectivity index (χ0n) is 6.97. The quantitative estimate of drug-likeness (QED) is 0.512. The molecule has 0 aromatic heterocycles. The minimum absolute atomic E-state index is 1.02. The predicted octanol–water partition coefficient (Wildman–Crippen LogP) is 3.53. The second-order valence-corrected chi connectivity index (χ2v) is 3.31. The molecule has 0 spiro atoms. The van der Waals surface area contributed by atoms with Crippen LogP contribution in [0.2, 0.25) is 0 Å². The summed E-state index contributed by atoms with van der Waals surface area (Å²) >= 11 is 0. The molecule has 0 nitrogen and oxygen atoms in total. The van der Waals surface area contributed by atoms with Crippen molar-refractivity contribution in [2.24, 2.45) is 5.92 Å². The molecule has 0 atom stereocenters. The first-order chi connectivity index (χ1) is 4.93. The molecule has 58 valence electrons. The highest BCUT2D eigenvalue weighted by atomic mass is 14.2. The van der Waals surface area contributed by atoms with Crippen molar-refractivity contribution in [3.63, 3.8) is 0 Å². The summed E-state index contributed by atoms with van der Waals surface area (Å²) in [6.07, 6.45) is 13.2. The average Bonchev–Trinajstić information content (AvgIpc) is 2.03. The molecule has 0 aliphatic heterocycles. The van der Waals surface area contributed by atoms with Crippen molar-refractivity contribution >= 4 is 0 Å². The summed E-state index contributed by atoms with van der Waals surface area (Å²) < 4.78 is 0. The molecular weight excluding hydrogens is 120 g/mol. The van der Waals surface area contributed by atoms with Gasteiger partial charge in [0.15, 0.2) is 0 Å². The molecule has 1 aliphatic carbocycles. The Labute approximate surface area is 64.3 Å². The molecule has 0 saturated heterocycles. The van der Waals surface area contributed by atoms with Gasteiger partial charge in [-0.05, 0) is 19.3 Å². The highest BCUT2D eigenvalue weighted by molar-refractivity contribution is 4.81. The van der Waals surface area contributed by atoms with Gasteiger partial charge in [0, 0.05) is 0 Å². The third-order valence-corrected chi connectivity index (χ3v) is 2.43. The van der Waals surface area contributed by atoms with Gasteiger partial charge < -0.3 is 0 Å². The van der Waals surface area contributed by atoms with E-state index in [0.29, 0.717) is 0 Å². The van der Waals surface area contributed by atoms with E-state index in [2.05, 4.69) is 19.1 Å². The first-order valence-corrected chi connectivity index (χ1v) is 4.54. The van der Waals surface area contributed by atoms with Crippen LogP contribution >= 0.6 is 0 Å². The van der Waals surface area contributed by atoms with Crippen LogP contribution in [0, 0.1) is 5.92 Å². The average molecular weight is 138 g/mol. The molecule has 0 aromatic rings. The summed E-state index contributed by atoms with van der Waals surface area (Å²) in [5, 5.41) is 0. The third kappa shape index (κ3) is 2.55. The molecule has 10 heavy (non-hydrogen) atoms. The maximum atomic E-state index is 2.32. The number of rotatable bonds is 2. The minimum Gasteiger partial charge on any atom is -0.0917 e. The van der Waals surface area contributed by atoms with Crippen molar-refractivity contribution in [3.05, 3.63) is 12.2 Å². The topological polar surface area (TPSA) is 0 Å². The van der Waals surface area contributed by atoms with E-state index < -0.39 is 0 Å². The normalized spacial score (nSPS) is 22.1. The highest BCUT2D eigenvalue weighted by Gasteiger charge is 2.10. The van der Waals surface area contributed by atoms with E-state index in [1.54, 1.807) is 0 Å². The van der Waals surface area contributed by atoms with Crippen molar-refractivity contribution in [2.75, 3.05) is 0 Å². The van der Waals surface area contributed by atoms with E-state index in [-0.39, 0.29) is 0 Å². The van der Waals surface area contributed by atoms with E-state index in [4.69, 9.17) is 0 Å². The van der Waals surface area contributed by atoms with Gasteiger partial charge in [-0.2, -0.15) is 0 Å². The van der Waals surface area contributed by atoms with Gasteiger partial charge in [-0.25, -0.2) is 0 Å². The van der Waals surface area contributed by atoms with Crippen LogP contribution in [0.25, 0.3) is 0 Å². The SMILES string of the molecule is C/C=C\CC1CCCCC1. The summed E-state index contributed by atoms with van der Waals surface area (Å²) in [5.74, 6) is 1.02. The molecule has 0 bridgehead atoms. The Morgan fingerprint density at radius 3 is 2.50 bits per heavy atom. The fourth-order valence-electron chi connectivity index (χ4n) is 1.75. The number of hydrogen-bond donors (Lipinski definition) is 0. The van der Waals surface area contributed by atoms with Crippen LogP contribution in [0.1, 0.15) is 45.4 Å². The highest BCUT2D eigenvalue weighted by Crippen LogP contribution is 2.26. The molecule has 1 aliphatic rings. The lowest BCUT2D eigenvalue weighted by atomic mass is 9.87. The lowest BCUT2D eigenvalue weighted by molar-refractivity contribution is 0.361. The molecule has 0 radical (unpaired) electrons. The molecular formula is C10H18. The monoisotopic (exact) mass is 138 g/mol. The minimum atomic E-state index is 1.02. The second-order valence-electron chi connectivity index (χ2n) is 3.31. The molecule has 0 aromatic carbocycles. The van der Waals surface area contributed by atoms with Gasteiger partial charge in [0.1, 0.15) is 0 Å². The van der Waals surface area contributed by atoms with Crippen LogP contribution in [0.3, 0.4) is 0 Å². The Kier molecular flexibility index (Phi) is 3.56. The standard InChI is InChI=1S/C10H18/c1-2-3-7-10-8-5-4-6-9-10/h2-3,10H,4-9H2,1H3/b3-2-. The van der Waals surface area contributed by atoms with Crippen molar-refractivity contribution < 1.29 is 0 Å². The van der Waals surface area contributed by atoms with Gasteiger partial charge in [0.05, 0.1) is 0 Å². The first kappa shape index (κ1) is 7.84. The van der Waals surface area contributed by atoms with E-state index in [9.17, 15) is 0 Å². The zero-order chi connectivity index (χ0) is 7.23. The Morgan fingerprint density at radius 1 is 1.20 bits per heavy atom. The van der Waals surface area contributed by atoms with E-state index >= 15 is 0 Å². The van der Waals surface area contributed by atoms with E-state index in [0.717, 1.165) is 5.92 Å². The molecule has 0 heterocycles. The van der Waals surface area contributed by atoms with E-state index in [1.807, 2.05) is 0 Å². The smallest absolute Gasteiger partial charge is 0.0322 e. The first-order valence-electron chi connectivity index (χ1n) is 4.54. The molecule has 0 amide bonds. The molecule has 1 rings (SSSR count). The van der Waals surface area contributed by atoms with Crippen molar-refractivity contribution in [1.82, 2.24) is 0 Å². The largest absolute Gasteiger partial charge is 0.0917 e. The lowest BCUT2D eigenvalue weighted by Gasteiger charge is -2.19. The van der Waals surface area contributed by atoms with Crippen LogP contribution in [0.15, 0.2) is 12.2 Å². The number of hydrogen-bond acceptors (Lipinski definition) is 0. The van der Waals surface area contributed by atoms with Gasteiger partial charge in [0.25, 0.3) is 0 Å². The van der Waals surface area contributed by atoms with Gasteiger partial charge in [-0.15, -0.1) is 0 Å². The molecule has 1 saturated carbocycles. The summed E-state index contributed by atoms with van der Waals surface area (Å²) in [6, 6.07) is 0. The van der Waals surface area contributed by atoms with Crippen LogP contribution in [0.4, 0.5) is 0 Å². The summed E-state index contributed by atoms with van der Waals surface area (Å²) in [5.41, 5.74) is 0. The maximum Gasteiger partial charge on any atom is -0.0322 e. The second kappa shape index (κ2) is 4.54. The van der Waals surface area contributed by atoms with Gasteiger partial charge in [-0.3, -0.25) is 0 Å². The van der Waals surface area contributed by atoms with Crippen LogP contribution in [-0.2, 0) is 0 Å². The van der Waals surface area contributed by atoms with Crippen molar-refractivity contribution in [3.8, 4) is 0 Å². The Hall–Kier alpha value is -0.260. The molecule has 0 heteroatoms. The number of allylic oxidation sites excluding steroid dienone is 2. The summed E-state index contributed by atoms with van der Waals surface area (Å²) in [7, 11) is 0. The fourth-order valence-corrected chi connectivity index (χ4v) is 1.75. The van der Waals surface area contributed by atoms with Crippen LogP contribution in [-0.4, -0.2) is 0 Å². The Morgan fingerprint density at radius 2 is 1.90 bits per heavy atom. The van der Waals surface area contributed by atoms with Gasteiger partial charge in [-0.1, -0.05) is 44.3 Å². The summed E-state index contributed by atoms with van der Waals surface area (Å²) in [6.45, 7) is 2.11. The van der Waals surface area contributed by atoms with Crippen LogP contribution in [0.5, 0.6) is 0 Å². The van der Waals surface area contributed by atoms with Crippen molar-refractivity contribution in [1.29, 1.82) is 0 Å². The van der Waals surface area contributed by atoms with Gasteiger partial charge in [0.2, 0.25) is 0 Å². The maximum absolute atomic E-state index is 2.32. The molecule has 0 N–H and O–H groups in total. The third-order valence-electron chi connectivity index (χ3n) is 2.43. The lowest BCUT2D eigenvalue weighted by Crippen LogP contribution is -2.04. The fraction of sp³-hybridized carbons (Fsp3) is 0.800. The zero-order valence-corrected chi connectivity index (χ0v) is 6.97. The molecule has 1 fully saturated rings. The molecule has 0 unspecified atom stereocenters. The van der Waals surface area contributed by atoms with Gasteiger partial charge >= 0.3 is 0 Å². The predicted molar refractivity (Wildman–Crippen MR) is 46.0 cm³/mol. The Bertz CT molecular complexity index is 96.6. The van der Waals surface area contributed by atoms with Crippen LogP contribution < -0.4 is 0 Å². The van der Waals surface area contributed by atoms with Crippen molar-refractivity contribution in [2.45, 2.75) is 45.4 Å².